The minimum Gasteiger partial charge on any atom is -0.465 e. The molecule has 0 saturated carbocycles. The van der Waals surface area contributed by atoms with Crippen LogP contribution in [0.1, 0.15) is 12.5 Å². The van der Waals surface area contributed by atoms with Crippen LogP contribution >= 0.6 is 0 Å². The number of hydrogen-bond donors (Lipinski definition) is 0. The van der Waals surface area contributed by atoms with Gasteiger partial charge in [0.25, 0.3) is 0 Å². The highest BCUT2D eigenvalue weighted by Gasteiger charge is 1.98. The smallest absolute Gasteiger partial charge is 0.338 e. The third kappa shape index (κ3) is 6.26. The molecule has 0 unspecified atom stereocenters. The van der Waals surface area contributed by atoms with Gasteiger partial charge in [0, 0.05) is 11.6 Å². The zero-order valence-electron chi connectivity index (χ0n) is 12.0. The summed E-state index contributed by atoms with van der Waals surface area (Å²) in [6.07, 6.45) is 3.99. The fraction of sp³-hybridized carbons (Fsp3) is 0.176. The molecule has 1 aromatic carbocycles. The molecule has 4 heteroatoms. The van der Waals surface area contributed by atoms with Crippen molar-refractivity contribution in [2.45, 2.75) is 6.92 Å². The summed E-state index contributed by atoms with van der Waals surface area (Å²) in [4.78, 5) is 22.4. The molecule has 0 bridgehead atoms. The van der Waals surface area contributed by atoms with E-state index in [1.54, 1.807) is 13.0 Å². The van der Waals surface area contributed by atoms with Gasteiger partial charge in [-0.25, -0.2) is 9.59 Å². The Kier molecular flexibility index (Phi) is 7.09. The van der Waals surface area contributed by atoms with Crippen molar-refractivity contribution < 1.29 is 19.1 Å². The van der Waals surface area contributed by atoms with Crippen LogP contribution in [0.5, 0.6) is 0 Å². The summed E-state index contributed by atoms with van der Waals surface area (Å²) >= 11 is 0. The number of benzene rings is 1. The number of carbonyl (C=O) groups is 2. The molecule has 0 radical (unpaired) electrons. The van der Waals surface area contributed by atoms with Crippen molar-refractivity contribution in [1.82, 2.24) is 0 Å². The van der Waals surface area contributed by atoms with Gasteiger partial charge in [-0.2, -0.15) is 0 Å². The second kappa shape index (κ2) is 9.16. The maximum absolute atomic E-state index is 11.4. The third-order valence-corrected chi connectivity index (χ3v) is 2.36. The molecule has 21 heavy (non-hydrogen) atoms. The van der Waals surface area contributed by atoms with E-state index in [4.69, 9.17) is 4.74 Å². The van der Waals surface area contributed by atoms with Crippen molar-refractivity contribution in [2.24, 2.45) is 0 Å². The topological polar surface area (TPSA) is 52.6 Å². The Morgan fingerprint density at radius 1 is 1.14 bits per heavy atom. The molecule has 0 aromatic heterocycles. The summed E-state index contributed by atoms with van der Waals surface area (Å²) in [5.74, 6) is -0.964. The first-order valence-corrected chi connectivity index (χ1v) is 6.37. The van der Waals surface area contributed by atoms with Gasteiger partial charge in [0.1, 0.15) is 0 Å². The van der Waals surface area contributed by atoms with Gasteiger partial charge in [0.05, 0.1) is 19.8 Å². The fourth-order valence-corrected chi connectivity index (χ4v) is 1.40. The zero-order valence-corrected chi connectivity index (χ0v) is 12.0. The van der Waals surface area contributed by atoms with Crippen LogP contribution in [0.4, 0.5) is 0 Å². The largest absolute Gasteiger partial charge is 0.465 e. The monoisotopic (exact) mass is 284 g/mol. The highest BCUT2D eigenvalue weighted by atomic mass is 16.5. The highest BCUT2D eigenvalue weighted by molar-refractivity contribution is 5.87. The average molecular weight is 284 g/mol. The lowest BCUT2D eigenvalue weighted by Gasteiger charge is -1.98. The Morgan fingerprint density at radius 2 is 1.86 bits per heavy atom. The molecule has 0 aliphatic rings. The zero-order chi connectivity index (χ0) is 15.5. The van der Waals surface area contributed by atoms with Gasteiger partial charge in [0.2, 0.25) is 0 Å². The predicted octanol–water partition coefficient (Wildman–Crippen LogP) is 2.67. The summed E-state index contributed by atoms with van der Waals surface area (Å²) in [6, 6.07) is 9.32. The summed E-state index contributed by atoms with van der Waals surface area (Å²) in [7, 11) is 1.28. The summed E-state index contributed by atoms with van der Waals surface area (Å²) < 4.78 is 9.29. The number of esters is 2. The Hall–Kier alpha value is -2.80. The van der Waals surface area contributed by atoms with Crippen molar-refractivity contribution in [1.29, 1.82) is 0 Å². The van der Waals surface area contributed by atoms with Crippen LogP contribution in [0, 0.1) is 0 Å². The lowest BCUT2D eigenvalue weighted by atomic mass is 10.1. The van der Waals surface area contributed by atoms with Crippen LogP contribution in [0.3, 0.4) is 0 Å². The van der Waals surface area contributed by atoms with Crippen LogP contribution in [0.15, 0.2) is 60.0 Å². The maximum atomic E-state index is 11.4. The van der Waals surface area contributed by atoms with E-state index in [2.05, 4.69) is 16.2 Å². The van der Waals surface area contributed by atoms with Crippen LogP contribution < -0.4 is 0 Å². The third-order valence-electron chi connectivity index (χ3n) is 2.36. The van der Waals surface area contributed by atoms with Crippen molar-refractivity contribution in [3.05, 3.63) is 65.6 Å². The first-order chi connectivity index (χ1) is 10.2. The number of ether oxygens (including phenoxy) is 2. The van der Waals surface area contributed by atoms with Gasteiger partial charge < -0.3 is 9.47 Å². The number of allylic oxidation sites excluding steroid dienone is 2. The van der Waals surface area contributed by atoms with Gasteiger partial charge in [-0.1, -0.05) is 41.8 Å². The molecule has 108 valence electrons. The molecule has 0 heterocycles. The maximum Gasteiger partial charge on any atom is 0.338 e. The lowest BCUT2D eigenvalue weighted by Crippen LogP contribution is -1.98. The molecule has 0 fully saturated rings. The molecule has 0 amide bonds. The molecule has 0 saturated heterocycles. The normalized spacial score (nSPS) is 9.43. The average Bonchev–Trinajstić information content (AvgIpc) is 2.51. The minimum atomic E-state index is -0.524. The van der Waals surface area contributed by atoms with Gasteiger partial charge in [-0.15, -0.1) is 0 Å². The molecule has 1 aromatic rings. The summed E-state index contributed by atoms with van der Waals surface area (Å²) in [5.41, 5.74) is 6.85. The van der Waals surface area contributed by atoms with Crippen molar-refractivity contribution in [3.63, 3.8) is 0 Å². The van der Waals surface area contributed by atoms with E-state index >= 15 is 0 Å². The van der Waals surface area contributed by atoms with E-state index in [-0.39, 0.29) is 0 Å². The molecule has 0 atom stereocenters. The van der Waals surface area contributed by atoms with Crippen molar-refractivity contribution >= 4 is 17.5 Å². The van der Waals surface area contributed by atoms with Crippen LogP contribution in [0.25, 0.3) is 5.57 Å². The van der Waals surface area contributed by atoms with Crippen LogP contribution in [-0.2, 0) is 19.1 Å². The Bertz CT molecular complexity index is 613. The van der Waals surface area contributed by atoms with E-state index in [1.165, 1.54) is 13.2 Å². The lowest BCUT2D eigenvalue weighted by molar-refractivity contribution is -0.137. The fourth-order valence-electron chi connectivity index (χ4n) is 1.40. The van der Waals surface area contributed by atoms with E-state index in [0.29, 0.717) is 12.2 Å². The van der Waals surface area contributed by atoms with Gasteiger partial charge >= 0.3 is 11.9 Å². The molecule has 4 nitrogen and oxygen atoms in total. The highest BCUT2D eigenvalue weighted by Crippen LogP contribution is 2.13. The van der Waals surface area contributed by atoms with E-state index in [9.17, 15) is 9.59 Å². The number of hydrogen-bond acceptors (Lipinski definition) is 4. The first-order valence-electron chi connectivity index (χ1n) is 6.37. The standard InChI is InChI=1S/C17H16O4/c1-3-21-17(19)13-12-15(10-7-11-16(18)20-2)14-8-5-4-6-9-14/h4-6,8-9,11-13H,3H2,1-2H3/b13-12+,15-11?. The SMILES string of the molecule is CCOC(=O)/C=C/C(=C=C=CC(=O)OC)c1ccccc1. The van der Waals surface area contributed by atoms with Crippen molar-refractivity contribution in [2.75, 3.05) is 13.7 Å². The Labute approximate surface area is 123 Å². The van der Waals surface area contributed by atoms with Crippen LogP contribution in [-0.4, -0.2) is 25.7 Å². The molecular formula is C17H16O4. The minimum absolute atomic E-state index is 0.311. The number of carbonyl (C=O) groups excluding carboxylic acids is 2. The summed E-state index contributed by atoms with van der Waals surface area (Å²) in [5, 5.41) is 0. The Morgan fingerprint density at radius 3 is 2.48 bits per heavy atom. The van der Waals surface area contributed by atoms with Crippen molar-refractivity contribution in [3.8, 4) is 0 Å². The predicted molar refractivity (Wildman–Crippen MR) is 79.2 cm³/mol. The van der Waals surface area contributed by atoms with Gasteiger partial charge in [-0.05, 0) is 18.6 Å². The molecule has 0 aliphatic heterocycles. The number of rotatable bonds is 5. The Balaban J connectivity index is 3.13. The molecule has 0 aliphatic carbocycles. The van der Waals surface area contributed by atoms with E-state index in [0.717, 1.165) is 11.6 Å². The quantitative estimate of drug-likeness (QED) is 0.361. The summed E-state index contributed by atoms with van der Waals surface area (Å²) in [6.45, 7) is 2.05. The molecular weight excluding hydrogens is 268 g/mol. The van der Waals surface area contributed by atoms with Crippen LogP contribution in [0.2, 0.25) is 0 Å². The molecule has 1 rings (SSSR count). The van der Waals surface area contributed by atoms with E-state index in [1.807, 2.05) is 30.3 Å². The second-order valence-corrected chi connectivity index (χ2v) is 3.80. The second-order valence-electron chi connectivity index (χ2n) is 3.80. The van der Waals surface area contributed by atoms with Gasteiger partial charge in [0.15, 0.2) is 0 Å². The van der Waals surface area contributed by atoms with Gasteiger partial charge in [-0.3, -0.25) is 0 Å². The van der Waals surface area contributed by atoms with E-state index < -0.39 is 11.9 Å². The molecule has 0 spiro atoms. The molecule has 0 N–H and O–H groups in total. The first kappa shape index (κ1) is 16.3. The number of methoxy groups -OCH3 is 1.